The first kappa shape index (κ1) is 15.5. The molecule has 2 unspecified atom stereocenters. The van der Waals surface area contributed by atoms with Crippen LogP contribution in [0.5, 0.6) is 0 Å². The topological polar surface area (TPSA) is 76.8 Å². The molecule has 0 saturated heterocycles. The van der Waals surface area contributed by atoms with Gasteiger partial charge in [0.2, 0.25) is 0 Å². The van der Waals surface area contributed by atoms with Gasteiger partial charge in [-0.05, 0) is 24.1 Å². The van der Waals surface area contributed by atoms with E-state index in [1.807, 2.05) is 19.1 Å². The van der Waals surface area contributed by atoms with Crippen LogP contribution in [0.4, 0.5) is 0 Å². The highest BCUT2D eigenvalue weighted by molar-refractivity contribution is 6.30. The first-order chi connectivity index (χ1) is 9.13. The van der Waals surface area contributed by atoms with E-state index >= 15 is 0 Å². The van der Waals surface area contributed by atoms with Gasteiger partial charge in [0, 0.05) is 11.1 Å². The molecular formula is C14H17ClN4. The predicted octanol–water partition coefficient (Wildman–Crippen LogP) is 2.47. The standard InChI is InChI=1S/C14H17ClN4/c1-2-13(18)14(19(9-7-16)10-8-17)11-3-5-12(15)6-4-11/h3-6,13-14H,2,9-10,18H2,1H3. The summed E-state index contributed by atoms with van der Waals surface area (Å²) in [4.78, 5) is 1.79. The summed E-state index contributed by atoms with van der Waals surface area (Å²) in [5.41, 5.74) is 7.13. The molecule has 5 heteroatoms. The Morgan fingerprint density at radius 1 is 1.21 bits per heavy atom. The zero-order valence-electron chi connectivity index (χ0n) is 10.9. The molecule has 100 valence electrons. The second-order valence-corrected chi connectivity index (χ2v) is 4.73. The van der Waals surface area contributed by atoms with Crippen LogP contribution in [-0.2, 0) is 0 Å². The van der Waals surface area contributed by atoms with Crippen LogP contribution in [0.25, 0.3) is 0 Å². The maximum Gasteiger partial charge on any atom is 0.0879 e. The number of hydrogen-bond donors (Lipinski definition) is 1. The number of nitrogens with two attached hydrogens (primary N) is 1. The molecule has 0 amide bonds. The van der Waals surface area contributed by atoms with Crippen LogP contribution in [0.2, 0.25) is 5.02 Å². The lowest BCUT2D eigenvalue weighted by atomic mass is 9.96. The Hall–Kier alpha value is -1.59. The summed E-state index contributed by atoms with van der Waals surface area (Å²) in [5.74, 6) is 0. The second-order valence-electron chi connectivity index (χ2n) is 4.29. The third kappa shape index (κ3) is 4.22. The Morgan fingerprint density at radius 2 is 1.74 bits per heavy atom. The molecule has 19 heavy (non-hydrogen) atoms. The molecule has 0 aliphatic rings. The molecule has 1 aromatic carbocycles. The average Bonchev–Trinajstić information content (AvgIpc) is 2.41. The Bertz CT molecular complexity index is 456. The SMILES string of the molecule is CCC(N)C(c1ccc(Cl)cc1)N(CC#N)CC#N. The van der Waals surface area contributed by atoms with Crippen molar-refractivity contribution in [3.05, 3.63) is 34.9 Å². The monoisotopic (exact) mass is 276 g/mol. The van der Waals surface area contributed by atoms with Crippen molar-refractivity contribution in [3.8, 4) is 12.1 Å². The molecule has 0 bridgehead atoms. The van der Waals surface area contributed by atoms with Crippen molar-refractivity contribution in [1.82, 2.24) is 4.90 Å². The Balaban J connectivity index is 3.09. The predicted molar refractivity (Wildman–Crippen MR) is 75.3 cm³/mol. The molecule has 2 N–H and O–H groups in total. The molecule has 0 heterocycles. The average molecular weight is 277 g/mol. The lowest BCUT2D eigenvalue weighted by Gasteiger charge is -2.32. The third-order valence-electron chi connectivity index (χ3n) is 3.03. The van der Waals surface area contributed by atoms with Gasteiger partial charge in [-0.2, -0.15) is 10.5 Å². The van der Waals surface area contributed by atoms with Crippen molar-refractivity contribution in [1.29, 1.82) is 10.5 Å². The minimum atomic E-state index is -0.151. The summed E-state index contributed by atoms with van der Waals surface area (Å²) < 4.78 is 0. The van der Waals surface area contributed by atoms with E-state index in [0.717, 1.165) is 12.0 Å². The van der Waals surface area contributed by atoms with Crippen molar-refractivity contribution in [2.24, 2.45) is 5.73 Å². The molecular weight excluding hydrogens is 260 g/mol. The maximum absolute atomic E-state index is 8.89. The summed E-state index contributed by atoms with van der Waals surface area (Å²) in [6, 6.07) is 11.3. The summed E-state index contributed by atoms with van der Waals surface area (Å²) in [6.45, 7) is 2.34. The van der Waals surface area contributed by atoms with Gasteiger partial charge in [-0.1, -0.05) is 30.7 Å². The quantitative estimate of drug-likeness (QED) is 0.810. The first-order valence-corrected chi connectivity index (χ1v) is 6.50. The van der Waals surface area contributed by atoms with Gasteiger partial charge in [-0.25, -0.2) is 0 Å². The summed E-state index contributed by atoms with van der Waals surface area (Å²) >= 11 is 5.88. The molecule has 0 fully saturated rings. The van der Waals surface area contributed by atoms with Crippen molar-refractivity contribution < 1.29 is 0 Å². The van der Waals surface area contributed by atoms with Crippen molar-refractivity contribution in [2.45, 2.75) is 25.4 Å². The van der Waals surface area contributed by atoms with Crippen LogP contribution in [-0.4, -0.2) is 24.0 Å². The molecule has 1 aromatic rings. The van der Waals surface area contributed by atoms with E-state index in [0.29, 0.717) is 5.02 Å². The number of nitriles is 2. The fourth-order valence-corrected chi connectivity index (χ4v) is 2.17. The fourth-order valence-electron chi connectivity index (χ4n) is 2.05. The Labute approximate surface area is 119 Å². The van der Waals surface area contributed by atoms with E-state index < -0.39 is 0 Å². The van der Waals surface area contributed by atoms with Crippen LogP contribution < -0.4 is 5.73 Å². The van der Waals surface area contributed by atoms with E-state index in [1.54, 1.807) is 17.0 Å². The van der Waals surface area contributed by atoms with Gasteiger partial charge >= 0.3 is 0 Å². The molecule has 0 saturated carbocycles. The minimum absolute atomic E-state index is 0.136. The molecule has 0 aromatic heterocycles. The smallest absolute Gasteiger partial charge is 0.0879 e. The Kier molecular flexibility index (Phi) is 6.32. The number of benzene rings is 1. The molecule has 0 aliphatic heterocycles. The highest BCUT2D eigenvalue weighted by Crippen LogP contribution is 2.26. The van der Waals surface area contributed by atoms with Crippen molar-refractivity contribution in [2.75, 3.05) is 13.1 Å². The van der Waals surface area contributed by atoms with Crippen molar-refractivity contribution >= 4 is 11.6 Å². The molecule has 0 spiro atoms. The summed E-state index contributed by atoms with van der Waals surface area (Å²) in [5, 5.41) is 18.4. The van der Waals surface area contributed by atoms with Gasteiger partial charge in [-0.15, -0.1) is 0 Å². The number of rotatable bonds is 6. The van der Waals surface area contributed by atoms with Gasteiger partial charge < -0.3 is 5.73 Å². The van der Waals surface area contributed by atoms with E-state index in [4.69, 9.17) is 27.9 Å². The van der Waals surface area contributed by atoms with Gasteiger partial charge in [0.25, 0.3) is 0 Å². The molecule has 2 atom stereocenters. The van der Waals surface area contributed by atoms with Crippen LogP contribution >= 0.6 is 11.6 Å². The summed E-state index contributed by atoms with van der Waals surface area (Å²) in [7, 11) is 0. The number of hydrogen-bond acceptors (Lipinski definition) is 4. The van der Waals surface area contributed by atoms with Gasteiger partial charge in [0.1, 0.15) is 0 Å². The van der Waals surface area contributed by atoms with Gasteiger partial charge in [-0.3, -0.25) is 4.90 Å². The number of nitrogens with zero attached hydrogens (tertiary/aromatic N) is 3. The van der Waals surface area contributed by atoms with E-state index in [-0.39, 0.29) is 25.2 Å². The molecule has 4 nitrogen and oxygen atoms in total. The van der Waals surface area contributed by atoms with Crippen LogP contribution in [0.3, 0.4) is 0 Å². The minimum Gasteiger partial charge on any atom is -0.326 e. The fraction of sp³-hybridized carbons (Fsp3) is 0.429. The van der Waals surface area contributed by atoms with E-state index in [2.05, 4.69) is 12.1 Å². The highest BCUT2D eigenvalue weighted by Gasteiger charge is 2.25. The molecule has 0 radical (unpaired) electrons. The van der Waals surface area contributed by atoms with Gasteiger partial charge in [0.05, 0.1) is 31.3 Å². The largest absolute Gasteiger partial charge is 0.326 e. The lowest BCUT2D eigenvalue weighted by Crippen LogP contribution is -2.41. The van der Waals surface area contributed by atoms with Crippen LogP contribution in [0.1, 0.15) is 24.9 Å². The number of halogens is 1. The first-order valence-electron chi connectivity index (χ1n) is 6.13. The zero-order chi connectivity index (χ0) is 14.3. The second kappa shape index (κ2) is 7.76. The third-order valence-corrected chi connectivity index (χ3v) is 3.28. The Morgan fingerprint density at radius 3 is 2.16 bits per heavy atom. The molecule has 1 rings (SSSR count). The van der Waals surface area contributed by atoms with Crippen LogP contribution in [0.15, 0.2) is 24.3 Å². The van der Waals surface area contributed by atoms with Crippen LogP contribution in [0, 0.1) is 22.7 Å². The van der Waals surface area contributed by atoms with E-state index in [1.165, 1.54) is 0 Å². The van der Waals surface area contributed by atoms with Crippen molar-refractivity contribution in [3.63, 3.8) is 0 Å². The highest BCUT2D eigenvalue weighted by atomic mass is 35.5. The zero-order valence-corrected chi connectivity index (χ0v) is 11.6. The lowest BCUT2D eigenvalue weighted by molar-refractivity contribution is 0.212. The normalized spacial score (nSPS) is 13.6. The maximum atomic E-state index is 8.89. The van der Waals surface area contributed by atoms with Gasteiger partial charge in [0.15, 0.2) is 0 Å². The van der Waals surface area contributed by atoms with E-state index in [9.17, 15) is 0 Å². The summed E-state index contributed by atoms with van der Waals surface area (Å²) in [6.07, 6.45) is 0.765. The molecule has 0 aliphatic carbocycles.